The van der Waals surface area contributed by atoms with E-state index in [0.29, 0.717) is 25.0 Å². The van der Waals surface area contributed by atoms with E-state index in [9.17, 15) is 9.59 Å². The van der Waals surface area contributed by atoms with Crippen molar-refractivity contribution in [3.8, 4) is 0 Å². The van der Waals surface area contributed by atoms with E-state index < -0.39 is 0 Å². The Labute approximate surface area is 184 Å². The zero-order valence-corrected chi connectivity index (χ0v) is 18.2. The lowest BCUT2D eigenvalue weighted by atomic mass is 9.71. The van der Waals surface area contributed by atoms with E-state index >= 15 is 0 Å². The average Bonchev–Trinajstić information content (AvgIpc) is 2.79. The van der Waals surface area contributed by atoms with Gasteiger partial charge in [-0.3, -0.25) is 4.79 Å². The Morgan fingerprint density at radius 1 is 1.03 bits per heavy atom. The molecule has 4 nitrogen and oxygen atoms in total. The summed E-state index contributed by atoms with van der Waals surface area (Å²) in [6.07, 6.45) is 4.96. The number of fused-ring (bicyclic) bond motifs is 1. The summed E-state index contributed by atoms with van der Waals surface area (Å²) >= 11 is 0. The molecule has 2 aromatic rings. The minimum atomic E-state index is -0.360. The van der Waals surface area contributed by atoms with E-state index in [-0.39, 0.29) is 23.6 Å². The molecule has 1 aliphatic carbocycles. The summed E-state index contributed by atoms with van der Waals surface area (Å²) in [4.78, 5) is 26.2. The molecule has 4 rings (SSSR count). The second-order valence-electron chi connectivity index (χ2n) is 8.25. The van der Waals surface area contributed by atoms with Crippen molar-refractivity contribution in [1.82, 2.24) is 5.32 Å². The van der Waals surface area contributed by atoms with Crippen LogP contribution in [0.1, 0.15) is 49.3 Å². The quantitative estimate of drug-likeness (QED) is 0.685. The van der Waals surface area contributed by atoms with E-state index in [2.05, 4.69) is 42.6 Å². The Morgan fingerprint density at radius 2 is 1.77 bits per heavy atom. The summed E-state index contributed by atoms with van der Waals surface area (Å²) in [6.45, 7) is 4.32. The van der Waals surface area contributed by atoms with E-state index in [0.717, 1.165) is 35.4 Å². The monoisotopic (exact) mass is 415 g/mol. The molecule has 1 aliphatic heterocycles. The number of hydrogen-bond acceptors (Lipinski definition) is 4. The Kier molecular flexibility index (Phi) is 6.36. The Hall–Kier alpha value is -3.14. The van der Waals surface area contributed by atoms with Gasteiger partial charge < -0.3 is 10.1 Å². The number of ketones is 1. The molecule has 2 unspecified atom stereocenters. The number of carbonyl (C=O) groups is 2. The summed E-state index contributed by atoms with van der Waals surface area (Å²) in [5, 5.41) is 3.33. The van der Waals surface area contributed by atoms with Crippen LogP contribution in [0.2, 0.25) is 0 Å². The van der Waals surface area contributed by atoms with Crippen LogP contribution in [0.4, 0.5) is 0 Å². The highest BCUT2D eigenvalue weighted by Crippen LogP contribution is 2.43. The van der Waals surface area contributed by atoms with Crippen molar-refractivity contribution in [1.29, 1.82) is 0 Å². The fourth-order valence-corrected chi connectivity index (χ4v) is 4.59. The maximum absolute atomic E-state index is 13.2. The summed E-state index contributed by atoms with van der Waals surface area (Å²) < 4.78 is 5.70. The zero-order chi connectivity index (χ0) is 21.8. The van der Waals surface area contributed by atoms with Gasteiger partial charge in [0.25, 0.3) is 0 Å². The molecule has 0 fully saturated rings. The Morgan fingerprint density at radius 3 is 2.48 bits per heavy atom. The number of aryl methyl sites for hydroxylation is 1. The SMILES string of the molecule is CCc1ccc(C2C(C(=O)OCCc3ccccc3)=C(C)NC3=CCCC(=O)C32)cc1. The lowest BCUT2D eigenvalue weighted by Gasteiger charge is -2.38. The van der Waals surface area contributed by atoms with Crippen LogP contribution in [-0.2, 0) is 27.2 Å². The van der Waals surface area contributed by atoms with Crippen LogP contribution in [-0.4, -0.2) is 18.4 Å². The maximum Gasteiger partial charge on any atom is 0.336 e. The Bertz CT molecular complexity index is 1020. The Balaban J connectivity index is 1.63. The molecule has 0 aromatic heterocycles. The van der Waals surface area contributed by atoms with Crippen LogP contribution in [0, 0.1) is 5.92 Å². The van der Waals surface area contributed by atoms with Crippen molar-refractivity contribution < 1.29 is 14.3 Å². The van der Waals surface area contributed by atoms with Gasteiger partial charge in [-0.25, -0.2) is 4.79 Å². The predicted molar refractivity (Wildman–Crippen MR) is 121 cm³/mol. The molecular formula is C27H29NO3. The molecular weight excluding hydrogens is 386 g/mol. The van der Waals surface area contributed by atoms with Gasteiger partial charge in [0.05, 0.1) is 18.1 Å². The summed E-state index contributed by atoms with van der Waals surface area (Å²) in [5.74, 6) is -0.850. The molecule has 160 valence electrons. The highest BCUT2D eigenvalue weighted by molar-refractivity contribution is 5.96. The molecule has 1 N–H and O–H groups in total. The van der Waals surface area contributed by atoms with Crippen molar-refractivity contribution >= 4 is 11.8 Å². The van der Waals surface area contributed by atoms with Gasteiger partial charge in [0.2, 0.25) is 0 Å². The number of rotatable bonds is 6. The smallest absolute Gasteiger partial charge is 0.336 e. The van der Waals surface area contributed by atoms with Crippen LogP contribution in [0.15, 0.2) is 77.6 Å². The topological polar surface area (TPSA) is 55.4 Å². The summed E-state index contributed by atoms with van der Waals surface area (Å²) in [5.41, 5.74) is 5.60. The minimum absolute atomic E-state index is 0.177. The van der Waals surface area contributed by atoms with Crippen LogP contribution in [0.3, 0.4) is 0 Å². The molecule has 0 radical (unpaired) electrons. The molecule has 1 heterocycles. The highest BCUT2D eigenvalue weighted by atomic mass is 16.5. The fourth-order valence-electron chi connectivity index (χ4n) is 4.59. The van der Waals surface area contributed by atoms with E-state index in [1.54, 1.807) is 0 Å². The largest absolute Gasteiger partial charge is 0.462 e. The molecule has 31 heavy (non-hydrogen) atoms. The second-order valence-corrected chi connectivity index (χ2v) is 8.25. The maximum atomic E-state index is 13.2. The average molecular weight is 416 g/mol. The van der Waals surface area contributed by atoms with Gasteiger partial charge in [-0.05, 0) is 36.5 Å². The molecule has 2 atom stereocenters. The number of esters is 1. The first-order chi connectivity index (χ1) is 15.1. The van der Waals surface area contributed by atoms with Crippen LogP contribution in [0.25, 0.3) is 0 Å². The van der Waals surface area contributed by atoms with Gasteiger partial charge in [0.1, 0.15) is 5.78 Å². The predicted octanol–water partition coefficient (Wildman–Crippen LogP) is 4.86. The van der Waals surface area contributed by atoms with Crippen molar-refractivity contribution in [2.24, 2.45) is 5.92 Å². The third-order valence-electron chi connectivity index (χ3n) is 6.25. The fraction of sp³-hybridized carbons (Fsp3) is 0.333. The van der Waals surface area contributed by atoms with Gasteiger partial charge in [-0.1, -0.05) is 67.6 Å². The molecule has 0 spiro atoms. The number of hydrogen-bond donors (Lipinski definition) is 1. The number of Topliss-reactive ketones (excluding diaryl/α,β-unsaturated/α-hetero) is 1. The van der Waals surface area contributed by atoms with Gasteiger partial charge in [-0.15, -0.1) is 0 Å². The number of nitrogens with one attached hydrogen (secondary N) is 1. The molecule has 0 saturated carbocycles. The van der Waals surface area contributed by atoms with Crippen LogP contribution in [0.5, 0.6) is 0 Å². The minimum Gasteiger partial charge on any atom is -0.462 e. The molecule has 2 aliphatic rings. The van der Waals surface area contributed by atoms with Gasteiger partial charge >= 0.3 is 5.97 Å². The lowest BCUT2D eigenvalue weighted by molar-refractivity contribution is -0.139. The van der Waals surface area contributed by atoms with E-state index in [1.807, 2.05) is 37.3 Å². The first-order valence-corrected chi connectivity index (χ1v) is 11.1. The normalized spacial score (nSPS) is 20.6. The van der Waals surface area contributed by atoms with E-state index in [1.165, 1.54) is 5.56 Å². The lowest BCUT2D eigenvalue weighted by Crippen LogP contribution is -2.40. The number of benzene rings is 2. The second kappa shape index (κ2) is 9.34. The van der Waals surface area contributed by atoms with Gasteiger partial charge in [0, 0.05) is 30.2 Å². The van der Waals surface area contributed by atoms with Crippen LogP contribution >= 0.6 is 0 Å². The molecule has 4 heteroatoms. The third-order valence-corrected chi connectivity index (χ3v) is 6.25. The number of allylic oxidation sites excluding steroid dienone is 3. The third kappa shape index (κ3) is 4.48. The first kappa shape index (κ1) is 21.1. The van der Waals surface area contributed by atoms with E-state index in [4.69, 9.17) is 4.74 Å². The van der Waals surface area contributed by atoms with Gasteiger partial charge in [0.15, 0.2) is 0 Å². The first-order valence-electron chi connectivity index (χ1n) is 11.1. The highest BCUT2D eigenvalue weighted by Gasteiger charge is 2.43. The summed E-state index contributed by atoms with van der Waals surface area (Å²) in [6, 6.07) is 18.3. The zero-order valence-electron chi connectivity index (χ0n) is 18.2. The molecule has 0 saturated heterocycles. The molecule has 0 amide bonds. The van der Waals surface area contributed by atoms with Crippen molar-refractivity contribution in [3.63, 3.8) is 0 Å². The molecule has 2 aromatic carbocycles. The van der Waals surface area contributed by atoms with Crippen molar-refractivity contribution in [3.05, 3.63) is 94.3 Å². The van der Waals surface area contributed by atoms with Gasteiger partial charge in [-0.2, -0.15) is 0 Å². The van der Waals surface area contributed by atoms with Crippen LogP contribution < -0.4 is 5.32 Å². The number of ether oxygens (including phenoxy) is 1. The van der Waals surface area contributed by atoms with Crippen molar-refractivity contribution in [2.45, 2.75) is 45.4 Å². The number of carbonyl (C=O) groups excluding carboxylic acids is 2. The molecule has 0 bridgehead atoms. The summed E-state index contributed by atoms with van der Waals surface area (Å²) in [7, 11) is 0. The van der Waals surface area contributed by atoms with Crippen molar-refractivity contribution in [2.75, 3.05) is 6.61 Å². The standard InChI is InChI=1S/C27H29NO3/c1-3-19-12-14-21(15-13-19)25-24(18(2)28-22-10-7-11-23(29)26(22)25)27(30)31-17-16-20-8-5-4-6-9-20/h4-6,8-10,12-15,25-26,28H,3,7,11,16-17H2,1-2H3.